The Morgan fingerprint density at radius 2 is 1.51 bits per heavy atom. The van der Waals surface area contributed by atoms with E-state index in [1.54, 1.807) is 26.4 Å². The van der Waals surface area contributed by atoms with Crippen molar-refractivity contribution < 1.29 is 34.0 Å². The summed E-state index contributed by atoms with van der Waals surface area (Å²) < 4.78 is 25.2. The molecule has 12 heteroatoms. The molecule has 2 heterocycles. The fourth-order valence-electron chi connectivity index (χ4n) is 6.25. The molecule has 1 fully saturated rings. The van der Waals surface area contributed by atoms with Gasteiger partial charge in [0.25, 0.3) is 5.56 Å². The van der Waals surface area contributed by atoms with Crippen LogP contribution in [0.4, 0.5) is 0 Å². The number of nitrogens with zero attached hydrogens (tertiary/aromatic N) is 1. The van der Waals surface area contributed by atoms with Gasteiger partial charge in [0.15, 0.2) is 0 Å². The summed E-state index contributed by atoms with van der Waals surface area (Å²) in [5, 5.41) is 23.3. The minimum Gasteiger partial charge on any atom is -0.508 e. The van der Waals surface area contributed by atoms with Crippen LogP contribution >= 0.6 is 0 Å². The van der Waals surface area contributed by atoms with Crippen LogP contribution in [0.2, 0.25) is 0 Å². The van der Waals surface area contributed by atoms with Gasteiger partial charge in [-0.25, -0.2) is 4.79 Å². The Bertz CT molecular complexity index is 2140. The van der Waals surface area contributed by atoms with Gasteiger partial charge < -0.3 is 34.5 Å². The molecule has 12 nitrogen and oxygen atoms in total. The zero-order valence-electron chi connectivity index (χ0n) is 29.2. The van der Waals surface area contributed by atoms with Crippen LogP contribution in [0.5, 0.6) is 17.2 Å². The summed E-state index contributed by atoms with van der Waals surface area (Å²) in [5.41, 5.74) is 0.555. The van der Waals surface area contributed by atoms with Gasteiger partial charge in [-0.1, -0.05) is 78.6 Å². The van der Waals surface area contributed by atoms with Gasteiger partial charge in [0, 0.05) is 12.6 Å². The molecule has 1 aliphatic heterocycles. The number of hydrogen-bond acceptors (Lipinski definition) is 9. The highest BCUT2D eigenvalue weighted by Gasteiger charge is 2.42. The monoisotopic (exact) mass is 717 g/mol. The van der Waals surface area contributed by atoms with E-state index in [1.807, 2.05) is 78.9 Å². The zero-order chi connectivity index (χ0) is 37.4. The Morgan fingerprint density at radius 3 is 2.11 bits per heavy atom. The number of carbonyl (C=O) groups excluding carboxylic acids is 1. The first-order valence-electron chi connectivity index (χ1n) is 16.9. The predicted octanol–water partition coefficient (Wildman–Crippen LogP) is 3.63. The van der Waals surface area contributed by atoms with E-state index in [2.05, 4.69) is 22.1 Å². The average Bonchev–Trinajstić information content (AvgIpc) is 3.55. The van der Waals surface area contributed by atoms with Gasteiger partial charge in [0.05, 0.1) is 39.9 Å². The average molecular weight is 718 g/mol. The number of aromatic nitrogens is 2. The van der Waals surface area contributed by atoms with Crippen LogP contribution in [-0.4, -0.2) is 65.3 Å². The van der Waals surface area contributed by atoms with Crippen LogP contribution in [-0.2, 0) is 26.3 Å². The van der Waals surface area contributed by atoms with E-state index in [1.165, 1.54) is 22.9 Å². The summed E-state index contributed by atoms with van der Waals surface area (Å²) in [6.07, 6.45) is -1.37. The molecule has 272 valence electrons. The highest BCUT2D eigenvalue weighted by molar-refractivity contribution is 5.78. The smallest absolute Gasteiger partial charge is 0.330 e. The van der Waals surface area contributed by atoms with Crippen LogP contribution in [0.25, 0.3) is 0 Å². The van der Waals surface area contributed by atoms with Crippen molar-refractivity contribution in [2.24, 2.45) is 0 Å². The number of rotatable bonds is 12. The van der Waals surface area contributed by atoms with Crippen LogP contribution in [0, 0.1) is 11.8 Å². The molecule has 3 atom stereocenters. The largest absolute Gasteiger partial charge is 0.508 e. The van der Waals surface area contributed by atoms with Crippen LogP contribution in [0.15, 0.2) is 119 Å². The summed E-state index contributed by atoms with van der Waals surface area (Å²) in [6, 6.07) is 31.1. The number of phenolic OH excluding ortho intramolecular Hbond substituents is 1. The van der Waals surface area contributed by atoms with E-state index in [0.717, 1.165) is 16.7 Å². The molecule has 6 rings (SSSR count). The summed E-state index contributed by atoms with van der Waals surface area (Å²) in [4.78, 5) is 40.2. The molecular formula is C41H39N3O9. The van der Waals surface area contributed by atoms with E-state index in [-0.39, 0.29) is 43.2 Å². The van der Waals surface area contributed by atoms with E-state index in [4.69, 9.17) is 18.9 Å². The third-order valence-electron chi connectivity index (χ3n) is 9.02. The van der Waals surface area contributed by atoms with E-state index < -0.39 is 35.3 Å². The molecule has 1 aliphatic rings. The topological polar surface area (TPSA) is 161 Å². The number of amides is 1. The van der Waals surface area contributed by atoms with Crippen molar-refractivity contribution in [3.05, 3.63) is 158 Å². The molecule has 0 spiro atoms. The molecule has 1 aromatic heterocycles. The number of hydrogen-bond donors (Lipinski definition) is 4. The van der Waals surface area contributed by atoms with Gasteiger partial charge in [-0.15, -0.1) is 0 Å². The maximum absolute atomic E-state index is 13.0. The lowest BCUT2D eigenvalue weighted by Crippen LogP contribution is -2.38. The number of carbonyl (C=O) groups is 1. The molecule has 4 aromatic carbocycles. The molecule has 5 aromatic rings. The van der Waals surface area contributed by atoms with E-state index >= 15 is 0 Å². The standard InChI is InChI=1S/C41H39N3O9/c1-50-33-18-12-30(13-19-33)41(29-8-4-3-5-9-29,31-14-20-34(51-2)21-15-31)52-26-36-35(46)24-38(53-36)44-25-28(39(48)43-40(44)49)7-6-22-42-37(47)23-27-10-16-32(45)17-11-27/h3-5,8-21,25,35-36,38,45-46H,22-24,26H2,1-2H3,(H,42,47)(H,43,48,49)/t35?,36-,38-/m1/s1. The number of aromatic amines is 1. The number of phenols is 1. The maximum Gasteiger partial charge on any atom is 0.330 e. The quantitative estimate of drug-likeness (QED) is 0.112. The lowest BCUT2D eigenvalue weighted by molar-refractivity contribution is -0.120. The van der Waals surface area contributed by atoms with Crippen LogP contribution in [0.1, 0.15) is 40.5 Å². The second-order valence-electron chi connectivity index (χ2n) is 12.4. The Balaban J connectivity index is 1.21. The molecule has 0 radical (unpaired) electrons. The van der Waals surface area contributed by atoms with Crippen molar-refractivity contribution in [2.75, 3.05) is 27.4 Å². The first-order valence-corrected chi connectivity index (χ1v) is 16.9. The van der Waals surface area contributed by atoms with Crippen molar-refractivity contribution in [1.29, 1.82) is 0 Å². The van der Waals surface area contributed by atoms with Gasteiger partial charge in [0.1, 0.15) is 40.7 Å². The van der Waals surface area contributed by atoms with Crippen LogP contribution in [0.3, 0.4) is 0 Å². The number of H-pyrrole nitrogens is 1. The molecule has 1 saturated heterocycles. The molecule has 0 aliphatic carbocycles. The number of benzene rings is 4. The molecule has 0 bridgehead atoms. The Hall–Kier alpha value is -6.13. The molecule has 1 unspecified atom stereocenters. The van der Waals surface area contributed by atoms with Crippen molar-refractivity contribution in [1.82, 2.24) is 14.9 Å². The van der Waals surface area contributed by atoms with Crippen molar-refractivity contribution in [2.45, 2.75) is 36.9 Å². The van der Waals surface area contributed by atoms with Gasteiger partial charge in [-0.2, -0.15) is 0 Å². The normalized spacial score (nSPS) is 16.7. The number of ether oxygens (including phenoxy) is 4. The summed E-state index contributed by atoms with van der Waals surface area (Å²) in [6.45, 7) is -0.113. The Labute approximate surface area is 305 Å². The molecule has 1 amide bonds. The number of aliphatic hydroxyl groups excluding tert-OH is 1. The number of nitrogens with one attached hydrogen (secondary N) is 2. The first-order chi connectivity index (χ1) is 25.7. The van der Waals surface area contributed by atoms with Gasteiger partial charge in [0.2, 0.25) is 5.91 Å². The molecule has 4 N–H and O–H groups in total. The Morgan fingerprint density at radius 1 is 0.906 bits per heavy atom. The van der Waals surface area contributed by atoms with Gasteiger partial charge in [-0.3, -0.25) is 19.1 Å². The van der Waals surface area contributed by atoms with E-state index in [9.17, 15) is 24.6 Å². The summed E-state index contributed by atoms with van der Waals surface area (Å²) in [7, 11) is 3.19. The van der Waals surface area contributed by atoms with Crippen molar-refractivity contribution >= 4 is 5.91 Å². The zero-order valence-corrected chi connectivity index (χ0v) is 29.2. The third kappa shape index (κ3) is 8.34. The van der Waals surface area contributed by atoms with Gasteiger partial charge >= 0.3 is 5.69 Å². The van der Waals surface area contributed by atoms with Crippen molar-refractivity contribution in [3.8, 4) is 29.1 Å². The minimum atomic E-state index is -1.15. The fraction of sp³-hybridized carbons (Fsp3) is 0.244. The SMILES string of the molecule is COc1ccc(C(OC[C@H]2O[C@@H](n3cc(C#CCNC(=O)Cc4ccc(O)cc4)c(=O)[nH]c3=O)CC2O)(c2ccccc2)c2ccc(OC)cc2)cc1. The van der Waals surface area contributed by atoms with E-state index in [0.29, 0.717) is 17.1 Å². The summed E-state index contributed by atoms with van der Waals surface area (Å²) in [5.74, 6) is 6.61. The summed E-state index contributed by atoms with van der Waals surface area (Å²) >= 11 is 0. The maximum atomic E-state index is 13.0. The highest BCUT2D eigenvalue weighted by Crippen LogP contribution is 2.42. The molecular weight excluding hydrogens is 678 g/mol. The third-order valence-corrected chi connectivity index (χ3v) is 9.02. The highest BCUT2D eigenvalue weighted by atomic mass is 16.6. The van der Waals surface area contributed by atoms with Gasteiger partial charge in [-0.05, 0) is 58.7 Å². The number of methoxy groups -OCH3 is 2. The fourth-order valence-corrected chi connectivity index (χ4v) is 6.25. The lowest BCUT2D eigenvalue weighted by atomic mass is 9.80. The number of aliphatic hydroxyl groups is 1. The Kier molecular flexibility index (Phi) is 11.4. The predicted molar refractivity (Wildman–Crippen MR) is 196 cm³/mol. The molecule has 53 heavy (non-hydrogen) atoms. The van der Waals surface area contributed by atoms with Crippen LogP contribution < -0.4 is 26.0 Å². The second kappa shape index (κ2) is 16.5. The lowest BCUT2D eigenvalue weighted by Gasteiger charge is -2.37. The number of aromatic hydroxyl groups is 1. The second-order valence-corrected chi connectivity index (χ2v) is 12.4. The first kappa shape index (κ1) is 36.7. The van der Waals surface area contributed by atoms with Crippen molar-refractivity contribution in [3.63, 3.8) is 0 Å². The minimum absolute atomic E-state index is 0.0164. The molecule has 0 saturated carbocycles.